The first-order chi connectivity index (χ1) is 13.0. The number of nitrogens with one attached hydrogen (secondary N) is 1. The van der Waals surface area contributed by atoms with Crippen LogP contribution in [0.5, 0.6) is 0 Å². The molecule has 0 heterocycles. The zero-order valence-electron chi connectivity index (χ0n) is 16.0. The van der Waals surface area contributed by atoms with Crippen molar-refractivity contribution in [3.05, 3.63) is 71.0 Å². The molecule has 0 aliphatic rings. The van der Waals surface area contributed by atoms with Gasteiger partial charge in [0, 0.05) is 44.4 Å². The Morgan fingerprint density at radius 1 is 1.00 bits per heavy atom. The van der Waals surface area contributed by atoms with Crippen molar-refractivity contribution in [1.29, 1.82) is 0 Å². The number of benzene rings is 2. The zero-order valence-corrected chi connectivity index (χ0v) is 16.0. The molecule has 0 unspecified atom stereocenters. The Bertz CT molecular complexity index is 773. The quantitative estimate of drug-likeness (QED) is 0.808. The van der Waals surface area contributed by atoms with E-state index in [0.29, 0.717) is 30.8 Å². The van der Waals surface area contributed by atoms with Crippen molar-refractivity contribution in [3.63, 3.8) is 0 Å². The van der Waals surface area contributed by atoms with Crippen LogP contribution in [-0.4, -0.2) is 41.9 Å². The summed E-state index contributed by atoms with van der Waals surface area (Å²) in [4.78, 5) is 27.7. The number of urea groups is 1. The summed E-state index contributed by atoms with van der Waals surface area (Å²) in [6.45, 7) is 5.76. The van der Waals surface area contributed by atoms with E-state index in [1.807, 2.05) is 26.0 Å². The van der Waals surface area contributed by atoms with Crippen molar-refractivity contribution in [3.8, 4) is 0 Å². The van der Waals surface area contributed by atoms with Crippen LogP contribution in [0.2, 0.25) is 0 Å². The molecule has 2 rings (SSSR count). The van der Waals surface area contributed by atoms with E-state index in [9.17, 15) is 14.0 Å². The lowest BCUT2D eigenvalue weighted by Gasteiger charge is -2.19. The van der Waals surface area contributed by atoms with Gasteiger partial charge in [-0.25, -0.2) is 9.18 Å². The van der Waals surface area contributed by atoms with Crippen LogP contribution in [0.1, 0.15) is 35.3 Å². The van der Waals surface area contributed by atoms with E-state index in [1.54, 1.807) is 42.3 Å². The van der Waals surface area contributed by atoms with Gasteiger partial charge < -0.3 is 15.1 Å². The van der Waals surface area contributed by atoms with Gasteiger partial charge in [0.05, 0.1) is 0 Å². The molecule has 2 aromatic rings. The molecule has 0 aromatic heterocycles. The summed E-state index contributed by atoms with van der Waals surface area (Å²) in [5.41, 5.74) is 1.98. The summed E-state index contributed by atoms with van der Waals surface area (Å²) in [6, 6.07) is 13.3. The third kappa shape index (κ3) is 5.54. The molecule has 0 saturated heterocycles. The van der Waals surface area contributed by atoms with Gasteiger partial charge in [0.15, 0.2) is 0 Å². The average Bonchev–Trinajstić information content (AvgIpc) is 2.69. The van der Waals surface area contributed by atoms with Gasteiger partial charge in [0.25, 0.3) is 5.91 Å². The first-order valence-corrected chi connectivity index (χ1v) is 9.06. The number of hydrogen-bond donors (Lipinski definition) is 1. The molecule has 0 fully saturated rings. The SMILES string of the molecule is CCN(CC)C(=O)c1ccc(CNC(=O)N(C)Cc2ccccc2F)cc1. The summed E-state index contributed by atoms with van der Waals surface area (Å²) >= 11 is 0. The van der Waals surface area contributed by atoms with Gasteiger partial charge in [-0.1, -0.05) is 30.3 Å². The Morgan fingerprint density at radius 2 is 1.63 bits per heavy atom. The van der Waals surface area contributed by atoms with Crippen LogP contribution < -0.4 is 5.32 Å². The molecule has 0 atom stereocenters. The van der Waals surface area contributed by atoms with E-state index in [2.05, 4.69) is 5.32 Å². The Hall–Kier alpha value is -2.89. The van der Waals surface area contributed by atoms with E-state index in [0.717, 1.165) is 5.56 Å². The molecule has 27 heavy (non-hydrogen) atoms. The summed E-state index contributed by atoms with van der Waals surface area (Å²) < 4.78 is 13.7. The van der Waals surface area contributed by atoms with Crippen LogP contribution in [0.4, 0.5) is 9.18 Å². The van der Waals surface area contributed by atoms with Crippen molar-refractivity contribution in [2.75, 3.05) is 20.1 Å². The predicted octanol–water partition coefficient (Wildman–Crippen LogP) is 3.65. The summed E-state index contributed by atoms with van der Waals surface area (Å²) in [5, 5.41) is 2.80. The second kappa shape index (κ2) is 9.71. The molecule has 0 aliphatic carbocycles. The lowest BCUT2D eigenvalue weighted by molar-refractivity contribution is 0.0773. The molecule has 144 valence electrons. The maximum absolute atomic E-state index is 13.7. The van der Waals surface area contributed by atoms with E-state index in [-0.39, 0.29) is 24.3 Å². The van der Waals surface area contributed by atoms with Crippen molar-refractivity contribution >= 4 is 11.9 Å². The van der Waals surface area contributed by atoms with Crippen LogP contribution in [0.3, 0.4) is 0 Å². The van der Waals surface area contributed by atoms with Gasteiger partial charge in [-0.2, -0.15) is 0 Å². The van der Waals surface area contributed by atoms with Crippen LogP contribution in [-0.2, 0) is 13.1 Å². The van der Waals surface area contributed by atoms with Crippen LogP contribution >= 0.6 is 0 Å². The van der Waals surface area contributed by atoms with Crippen LogP contribution in [0.15, 0.2) is 48.5 Å². The number of halogens is 1. The Kier molecular flexibility index (Phi) is 7.34. The van der Waals surface area contributed by atoms with Gasteiger partial charge in [-0.15, -0.1) is 0 Å². The fraction of sp³-hybridized carbons (Fsp3) is 0.333. The van der Waals surface area contributed by atoms with Crippen molar-refractivity contribution in [2.45, 2.75) is 26.9 Å². The number of carbonyl (C=O) groups excluding carboxylic acids is 2. The molecule has 3 amide bonds. The largest absolute Gasteiger partial charge is 0.339 e. The molecular weight excluding hydrogens is 345 g/mol. The normalized spacial score (nSPS) is 10.4. The summed E-state index contributed by atoms with van der Waals surface area (Å²) in [7, 11) is 1.62. The number of nitrogens with zero attached hydrogens (tertiary/aromatic N) is 2. The fourth-order valence-corrected chi connectivity index (χ4v) is 2.73. The van der Waals surface area contributed by atoms with Crippen molar-refractivity contribution in [2.24, 2.45) is 0 Å². The minimum atomic E-state index is -0.328. The van der Waals surface area contributed by atoms with Gasteiger partial charge in [0.1, 0.15) is 5.82 Å². The van der Waals surface area contributed by atoms with E-state index in [4.69, 9.17) is 0 Å². The molecule has 0 aliphatic heterocycles. The van der Waals surface area contributed by atoms with Crippen LogP contribution in [0, 0.1) is 5.82 Å². The van der Waals surface area contributed by atoms with E-state index < -0.39 is 0 Å². The highest BCUT2D eigenvalue weighted by Crippen LogP contribution is 2.10. The van der Waals surface area contributed by atoms with Gasteiger partial charge in [0.2, 0.25) is 0 Å². The Balaban J connectivity index is 1.89. The Morgan fingerprint density at radius 3 is 2.22 bits per heavy atom. The molecule has 0 spiro atoms. The third-order valence-electron chi connectivity index (χ3n) is 4.41. The predicted molar refractivity (Wildman–Crippen MR) is 104 cm³/mol. The highest BCUT2D eigenvalue weighted by atomic mass is 19.1. The number of carbonyl (C=O) groups is 2. The first kappa shape index (κ1) is 20.4. The zero-order chi connectivity index (χ0) is 19.8. The van der Waals surface area contributed by atoms with Gasteiger partial charge >= 0.3 is 6.03 Å². The molecule has 0 radical (unpaired) electrons. The smallest absolute Gasteiger partial charge is 0.317 e. The molecule has 0 bridgehead atoms. The standard InChI is InChI=1S/C21H26FN3O2/c1-4-25(5-2)20(26)17-12-10-16(11-13-17)14-23-21(27)24(3)15-18-8-6-7-9-19(18)22/h6-13H,4-5,14-15H2,1-3H3,(H,23,27). The van der Waals surface area contributed by atoms with Crippen molar-refractivity contribution < 1.29 is 14.0 Å². The molecular formula is C21H26FN3O2. The molecule has 6 heteroatoms. The molecule has 5 nitrogen and oxygen atoms in total. The molecule has 0 saturated carbocycles. The number of rotatable bonds is 7. The van der Waals surface area contributed by atoms with Crippen molar-refractivity contribution in [1.82, 2.24) is 15.1 Å². The van der Waals surface area contributed by atoms with Crippen LogP contribution in [0.25, 0.3) is 0 Å². The molecule has 1 N–H and O–H groups in total. The maximum Gasteiger partial charge on any atom is 0.317 e. The first-order valence-electron chi connectivity index (χ1n) is 9.06. The fourth-order valence-electron chi connectivity index (χ4n) is 2.73. The summed E-state index contributed by atoms with van der Waals surface area (Å²) in [6.07, 6.45) is 0. The number of hydrogen-bond acceptors (Lipinski definition) is 2. The number of amides is 3. The summed E-state index contributed by atoms with van der Waals surface area (Å²) in [5.74, 6) is -0.328. The van der Waals surface area contributed by atoms with E-state index in [1.165, 1.54) is 11.0 Å². The Labute approximate surface area is 159 Å². The topological polar surface area (TPSA) is 52.7 Å². The highest BCUT2D eigenvalue weighted by Gasteiger charge is 2.13. The second-order valence-electron chi connectivity index (χ2n) is 6.28. The lowest BCUT2D eigenvalue weighted by atomic mass is 10.1. The monoisotopic (exact) mass is 371 g/mol. The van der Waals surface area contributed by atoms with E-state index >= 15 is 0 Å². The highest BCUT2D eigenvalue weighted by molar-refractivity contribution is 5.94. The van der Waals surface area contributed by atoms with Gasteiger partial charge in [-0.3, -0.25) is 4.79 Å². The second-order valence-corrected chi connectivity index (χ2v) is 6.28. The lowest BCUT2D eigenvalue weighted by Crippen LogP contribution is -2.36. The maximum atomic E-state index is 13.7. The third-order valence-corrected chi connectivity index (χ3v) is 4.41. The molecule has 2 aromatic carbocycles. The minimum absolute atomic E-state index is 0.000191. The average molecular weight is 371 g/mol. The van der Waals surface area contributed by atoms with Gasteiger partial charge in [-0.05, 0) is 37.6 Å². The minimum Gasteiger partial charge on any atom is -0.339 e.